The molecular weight excluding hydrogens is 448 g/mol. The number of aliphatic hydroxyl groups is 1. The van der Waals surface area contributed by atoms with Gasteiger partial charge in [0.05, 0.1) is 0 Å². The number of aliphatic hydroxyl groups excluding tert-OH is 1. The van der Waals surface area contributed by atoms with Gasteiger partial charge in [-0.1, -0.05) is 32.6 Å². The first-order chi connectivity index (χ1) is 13.4. The summed E-state index contributed by atoms with van der Waals surface area (Å²) >= 11 is 0. The molecule has 0 amide bonds. The van der Waals surface area contributed by atoms with Crippen molar-refractivity contribution in [3.05, 3.63) is 0 Å². The lowest BCUT2D eigenvalue weighted by molar-refractivity contribution is -0.425. The van der Waals surface area contributed by atoms with Crippen LogP contribution in [0.3, 0.4) is 0 Å². The van der Waals surface area contributed by atoms with Gasteiger partial charge >= 0.3 is 35.5 Å². The third-order valence-electron chi connectivity index (χ3n) is 4.59. The molecule has 0 aromatic rings. The first-order valence-electron chi connectivity index (χ1n) is 9.25. The van der Waals surface area contributed by atoms with Crippen molar-refractivity contribution >= 4 is 0 Å². The highest BCUT2D eigenvalue weighted by Crippen LogP contribution is 2.61. The summed E-state index contributed by atoms with van der Waals surface area (Å²) in [6.07, 6.45) is -5.39. The van der Waals surface area contributed by atoms with Crippen molar-refractivity contribution in [3.63, 3.8) is 0 Å². The van der Waals surface area contributed by atoms with Crippen LogP contribution in [0.5, 0.6) is 0 Å². The van der Waals surface area contributed by atoms with Gasteiger partial charge in [-0.05, 0) is 19.3 Å². The average Bonchev–Trinajstić information content (AvgIpc) is 2.60. The highest BCUT2D eigenvalue weighted by molar-refractivity contribution is 5.11. The summed E-state index contributed by atoms with van der Waals surface area (Å²) in [5, 5.41) is 8.39. The second-order valence-corrected chi connectivity index (χ2v) is 7.05. The minimum Gasteiger partial charge on any atom is -0.396 e. The molecule has 0 spiro atoms. The Morgan fingerprint density at radius 2 is 0.800 bits per heavy atom. The SMILES string of the molecule is CCCCCCCC(F)(F)C(F)(F)C(F)(F)C(F)(F)C(F)(F)C(F)(F)CCCCO. The monoisotopic (exact) mass is 472 g/mol. The molecule has 0 bridgehead atoms. The van der Waals surface area contributed by atoms with Gasteiger partial charge in [0.25, 0.3) is 0 Å². The molecule has 0 rings (SSSR count). The maximum atomic E-state index is 13.7. The maximum absolute atomic E-state index is 13.7. The summed E-state index contributed by atoms with van der Waals surface area (Å²) in [6.45, 7) is 0.891. The zero-order chi connectivity index (χ0) is 24.1. The van der Waals surface area contributed by atoms with Crippen molar-refractivity contribution < 1.29 is 57.8 Å². The largest absolute Gasteiger partial charge is 0.396 e. The molecule has 0 aliphatic heterocycles. The predicted molar refractivity (Wildman–Crippen MR) is 84.0 cm³/mol. The Hall–Kier alpha value is -0.880. The van der Waals surface area contributed by atoms with E-state index in [1.807, 2.05) is 0 Å². The first kappa shape index (κ1) is 29.1. The van der Waals surface area contributed by atoms with Crippen LogP contribution in [0.4, 0.5) is 52.7 Å². The summed E-state index contributed by atoms with van der Waals surface area (Å²) in [5.74, 6) is -40.9. The number of hydrogen-bond donors (Lipinski definition) is 1. The Kier molecular flexibility index (Phi) is 9.86. The van der Waals surface area contributed by atoms with Crippen LogP contribution in [-0.2, 0) is 0 Å². The molecule has 0 aliphatic carbocycles. The zero-order valence-corrected chi connectivity index (χ0v) is 16.1. The van der Waals surface area contributed by atoms with Crippen LogP contribution in [0.15, 0.2) is 0 Å². The summed E-state index contributed by atoms with van der Waals surface area (Å²) < 4.78 is 163. The molecule has 0 aromatic heterocycles. The van der Waals surface area contributed by atoms with Crippen LogP contribution in [-0.4, -0.2) is 47.2 Å². The van der Waals surface area contributed by atoms with Crippen molar-refractivity contribution in [2.24, 2.45) is 0 Å². The van der Waals surface area contributed by atoms with E-state index in [2.05, 4.69) is 0 Å². The van der Waals surface area contributed by atoms with Crippen molar-refractivity contribution in [3.8, 4) is 0 Å². The fourth-order valence-corrected chi connectivity index (χ4v) is 2.58. The third kappa shape index (κ3) is 5.48. The molecule has 0 aliphatic rings. The average molecular weight is 472 g/mol. The molecular formula is C17H24F12O. The molecule has 30 heavy (non-hydrogen) atoms. The van der Waals surface area contributed by atoms with E-state index in [0.717, 1.165) is 0 Å². The molecule has 0 radical (unpaired) electrons. The van der Waals surface area contributed by atoms with E-state index in [4.69, 9.17) is 5.11 Å². The van der Waals surface area contributed by atoms with Gasteiger partial charge in [-0.3, -0.25) is 0 Å². The fraction of sp³-hybridized carbons (Fsp3) is 1.00. The van der Waals surface area contributed by atoms with Gasteiger partial charge in [-0.25, -0.2) is 0 Å². The quantitative estimate of drug-likeness (QED) is 0.196. The van der Waals surface area contributed by atoms with Gasteiger partial charge in [-0.2, -0.15) is 52.7 Å². The summed E-state index contributed by atoms with van der Waals surface area (Å²) in [6, 6.07) is 0. The lowest BCUT2D eigenvalue weighted by Crippen LogP contribution is -2.70. The highest BCUT2D eigenvalue weighted by atomic mass is 19.4. The molecule has 1 N–H and O–H groups in total. The lowest BCUT2D eigenvalue weighted by Gasteiger charge is -2.41. The summed E-state index contributed by atoms with van der Waals surface area (Å²) in [4.78, 5) is 0. The third-order valence-corrected chi connectivity index (χ3v) is 4.59. The normalized spacial score (nSPS) is 15.0. The van der Waals surface area contributed by atoms with Crippen LogP contribution in [0, 0.1) is 0 Å². The smallest absolute Gasteiger partial charge is 0.384 e. The number of halogens is 12. The number of unbranched alkanes of at least 4 members (excludes halogenated alkanes) is 5. The Bertz CT molecular complexity index is 519. The van der Waals surface area contributed by atoms with Gasteiger partial charge in [0.1, 0.15) is 0 Å². The second kappa shape index (κ2) is 10.2. The van der Waals surface area contributed by atoms with E-state index in [1.165, 1.54) is 0 Å². The molecule has 0 atom stereocenters. The van der Waals surface area contributed by atoms with Crippen LogP contribution >= 0.6 is 0 Å². The minimum atomic E-state index is -7.50. The molecule has 0 aromatic carbocycles. The molecule has 0 unspecified atom stereocenters. The molecule has 0 heterocycles. The number of alkyl halides is 12. The van der Waals surface area contributed by atoms with E-state index in [9.17, 15) is 52.7 Å². The molecule has 0 saturated carbocycles. The van der Waals surface area contributed by atoms with Crippen molar-refractivity contribution in [1.29, 1.82) is 0 Å². The number of rotatable bonds is 15. The summed E-state index contributed by atoms with van der Waals surface area (Å²) in [5.41, 5.74) is 0. The molecule has 182 valence electrons. The van der Waals surface area contributed by atoms with Crippen LogP contribution in [0.1, 0.15) is 64.7 Å². The first-order valence-corrected chi connectivity index (χ1v) is 9.25. The van der Waals surface area contributed by atoms with Gasteiger partial charge in [0.2, 0.25) is 0 Å². The Labute approximate surface area is 165 Å². The highest BCUT2D eigenvalue weighted by Gasteiger charge is 2.89. The predicted octanol–water partition coefficient (Wildman–Crippen LogP) is 7.32. The van der Waals surface area contributed by atoms with Gasteiger partial charge < -0.3 is 5.11 Å². The lowest BCUT2D eigenvalue weighted by atomic mass is 9.88. The molecule has 1 nitrogen and oxygen atoms in total. The van der Waals surface area contributed by atoms with E-state index in [-0.39, 0.29) is 12.8 Å². The Morgan fingerprint density at radius 3 is 1.13 bits per heavy atom. The standard InChI is InChI=1S/C17H24F12O/c1-2-3-4-5-6-9-12(18,19)14(22,23)16(26,27)17(28,29)15(24,25)13(20,21)10-7-8-11-30/h30H,2-11H2,1H3. The van der Waals surface area contributed by atoms with Crippen LogP contribution < -0.4 is 0 Å². The van der Waals surface area contributed by atoms with Gasteiger partial charge in [-0.15, -0.1) is 0 Å². The van der Waals surface area contributed by atoms with Gasteiger partial charge in [0.15, 0.2) is 0 Å². The van der Waals surface area contributed by atoms with Gasteiger partial charge in [0, 0.05) is 19.4 Å². The Morgan fingerprint density at radius 1 is 0.467 bits per heavy atom. The molecule has 13 heteroatoms. The van der Waals surface area contributed by atoms with E-state index in [0.29, 0.717) is 12.8 Å². The van der Waals surface area contributed by atoms with Crippen molar-refractivity contribution in [2.45, 2.75) is 100 Å². The molecule has 0 saturated heterocycles. The van der Waals surface area contributed by atoms with Crippen LogP contribution in [0.25, 0.3) is 0 Å². The van der Waals surface area contributed by atoms with Crippen molar-refractivity contribution in [2.75, 3.05) is 6.61 Å². The fourth-order valence-electron chi connectivity index (χ4n) is 2.58. The topological polar surface area (TPSA) is 20.2 Å². The van der Waals surface area contributed by atoms with E-state index in [1.54, 1.807) is 6.92 Å². The summed E-state index contributed by atoms with van der Waals surface area (Å²) in [7, 11) is 0. The number of hydrogen-bond acceptors (Lipinski definition) is 1. The minimum absolute atomic E-state index is 0.138. The second-order valence-electron chi connectivity index (χ2n) is 7.05. The van der Waals surface area contributed by atoms with E-state index < -0.39 is 74.2 Å². The Balaban J connectivity index is 5.74. The molecule has 0 fully saturated rings. The van der Waals surface area contributed by atoms with Crippen molar-refractivity contribution in [1.82, 2.24) is 0 Å². The zero-order valence-electron chi connectivity index (χ0n) is 16.1. The maximum Gasteiger partial charge on any atom is 0.384 e. The van der Waals surface area contributed by atoms with E-state index >= 15 is 0 Å². The van der Waals surface area contributed by atoms with Crippen LogP contribution in [0.2, 0.25) is 0 Å².